The number of ether oxygens (including phenoxy) is 2. The summed E-state index contributed by atoms with van der Waals surface area (Å²) in [5.74, 6) is 1.43. The Kier molecular flexibility index (Phi) is 7.06. The Bertz CT molecular complexity index is 1000. The van der Waals surface area contributed by atoms with Crippen molar-refractivity contribution < 1.29 is 14.6 Å². The molecule has 1 aromatic carbocycles. The Labute approximate surface area is 188 Å². The number of aromatic hydroxyl groups is 1. The van der Waals surface area contributed by atoms with E-state index in [-0.39, 0.29) is 11.6 Å². The molecule has 0 radical (unpaired) electrons. The second-order valence-corrected chi connectivity index (χ2v) is 8.34. The van der Waals surface area contributed by atoms with Gasteiger partial charge in [0.1, 0.15) is 18.1 Å². The predicted molar refractivity (Wildman–Crippen MR) is 124 cm³/mol. The molecule has 2 aromatic rings. The summed E-state index contributed by atoms with van der Waals surface area (Å²) in [5.41, 5.74) is 4.39. The first kappa shape index (κ1) is 22.3. The van der Waals surface area contributed by atoms with Crippen LogP contribution >= 0.6 is 0 Å². The summed E-state index contributed by atoms with van der Waals surface area (Å²) in [5, 5.41) is 10.4. The summed E-state index contributed by atoms with van der Waals surface area (Å²) >= 11 is 0. The molecule has 2 aliphatic rings. The molecular formula is C23H33N5O4. The molecule has 174 valence electrons. The van der Waals surface area contributed by atoms with E-state index in [1.807, 2.05) is 24.3 Å². The van der Waals surface area contributed by atoms with E-state index in [0.29, 0.717) is 19.8 Å². The monoisotopic (exact) mass is 443 g/mol. The number of hydrogen-bond acceptors (Lipinski definition) is 7. The SMILES string of the molecule is CCCOc1ccc2c(c1)C(Nn1cc(O)n(CCCN3CCN(C)CC3)c1=O)=CCO2. The van der Waals surface area contributed by atoms with Crippen molar-refractivity contribution >= 4 is 5.70 Å². The molecule has 4 rings (SSSR count). The van der Waals surface area contributed by atoms with Crippen molar-refractivity contribution in [3.63, 3.8) is 0 Å². The molecule has 0 bridgehead atoms. The fraction of sp³-hybridized carbons (Fsp3) is 0.522. The molecular weight excluding hydrogens is 410 g/mol. The Morgan fingerprint density at radius 1 is 1.19 bits per heavy atom. The molecule has 1 saturated heterocycles. The maximum absolute atomic E-state index is 12.9. The third-order valence-corrected chi connectivity index (χ3v) is 5.89. The first-order chi connectivity index (χ1) is 15.5. The number of nitrogens with one attached hydrogen (secondary N) is 1. The minimum Gasteiger partial charge on any atom is -0.494 e. The molecule has 9 heteroatoms. The second kappa shape index (κ2) is 10.1. The van der Waals surface area contributed by atoms with Crippen molar-refractivity contribution in [2.24, 2.45) is 0 Å². The van der Waals surface area contributed by atoms with Gasteiger partial charge in [0.25, 0.3) is 0 Å². The summed E-state index contributed by atoms with van der Waals surface area (Å²) in [6, 6.07) is 5.66. The lowest BCUT2D eigenvalue weighted by molar-refractivity contribution is 0.151. The molecule has 1 aromatic heterocycles. The number of hydrogen-bond donors (Lipinski definition) is 2. The third-order valence-electron chi connectivity index (χ3n) is 5.89. The molecule has 2 aliphatic heterocycles. The highest BCUT2D eigenvalue weighted by atomic mass is 16.5. The van der Waals surface area contributed by atoms with Gasteiger partial charge >= 0.3 is 5.69 Å². The summed E-state index contributed by atoms with van der Waals surface area (Å²) < 4.78 is 14.2. The number of benzene rings is 1. The van der Waals surface area contributed by atoms with Crippen LogP contribution in [0.15, 0.2) is 35.3 Å². The van der Waals surface area contributed by atoms with E-state index in [2.05, 4.69) is 29.2 Å². The summed E-state index contributed by atoms with van der Waals surface area (Å²) in [6.45, 7) is 8.69. The van der Waals surface area contributed by atoms with Gasteiger partial charge in [-0.2, -0.15) is 0 Å². The molecule has 0 amide bonds. The summed E-state index contributed by atoms with van der Waals surface area (Å²) in [7, 11) is 2.13. The van der Waals surface area contributed by atoms with E-state index in [9.17, 15) is 9.90 Å². The summed E-state index contributed by atoms with van der Waals surface area (Å²) in [6.07, 6.45) is 5.02. The van der Waals surface area contributed by atoms with Crippen LogP contribution in [0.1, 0.15) is 25.3 Å². The molecule has 0 saturated carbocycles. The van der Waals surface area contributed by atoms with Crippen LogP contribution in [0.3, 0.4) is 0 Å². The van der Waals surface area contributed by atoms with E-state index in [0.717, 1.165) is 68.3 Å². The zero-order valence-corrected chi connectivity index (χ0v) is 18.9. The fourth-order valence-corrected chi connectivity index (χ4v) is 4.00. The van der Waals surface area contributed by atoms with Gasteiger partial charge in [-0.1, -0.05) is 6.92 Å². The quantitative estimate of drug-likeness (QED) is 0.611. The molecule has 0 spiro atoms. The number of fused-ring (bicyclic) bond motifs is 1. The maximum atomic E-state index is 12.9. The average molecular weight is 444 g/mol. The van der Waals surface area contributed by atoms with E-state index < -0.39 is 0 Å². The van der Waals surface area contributed by atoms with Gasteiger partial charge in [-0.3, -0.25) is 9.99 Å². The van der Waals surface area contributed by atoms with Crippen molar-refractivity contribution in [3.8, 4) is 17.4 Å². The maximum Gasteiger partial charge on any atom is 0.349 e. The number of imidazole rings is 1. The number of piperazine rings is 1. The van der Waals surface area contributed by atoms with Crippen molar-refractivity contribution in [1.82, 2.24) is 19.0 Å². The van der Waals surface area contributed by atoms with Crippen LogP contribution < -0.4 is 20.6 Å². The molecule has 0 atom stereocenters. The highest BCUT2D eigenvalue weighted by Gasteiger charge is 2.18. The zero-order chi connectivity index (χ0) is 22.5. The molecule has 9 nitrogen and oxygen atoms in total. The Balaban J connectivity index is 1.42. The van der Waals surface area contributed by atoms with Crippen molar-refractivity contribution in [2.75, 3.05) is 58.4 Å². The van der Waals surface area contributed by atoms with Crippen LogP contribution in [-0.4, -0.2) is 77.1 Å². The molecule has 2 N–H and O–H groups in total. The Morgan fingerprint density at radius 2 is 2.00 bits per heavy atom. The van der Waals surface area contributed by atoms with Gasteiger partial charge in [-0.05, 0) is 50.7 Å². The second-order valence-electron chi connectivity index (χ2n) is 8.34. The van der Waals surface area contributed by atoms with Gasteiger partial charge in [-0.15, -0.1) is 0 Å². The number of aromatic nitrogens is 2. The van der Waals surface area contributed by atoms with Gasteiger partial charge in [0.2, 0.25) is 5.88 Å². The van der Waals surface area contributed by atoms with Gasteiger partial charge in [0, 0.05) is 38.3 Å². The minimum absolute atomic E-state index is 0.0474. The van der Waals surface area contributed by atoms with Gasteiger partial charge in [-0.25, -0.2) is 9.47 Å². The van der Waals surface area contributed by atoms with E-state index in [4.69, 9.17) is 9.47 Å². The minimum atomic E-state index is -0.298. The first-order valence-corrected chi connectivity index (χ1v) is 11.3. The average Bonchev–Trinajstić information content (AvgIpc) is 3.06. The third kappa shape index (κ3) is 5.11. The number of rotatable bonds is 9. The zero-order valence-electron chi connectivity index (χ0n) is 18.9. The van der Waals surface area contributed by atoms with Crippen LogP contribution in [0, 0.1) is 0 Å². The van der Waals surface area contributed by atoms with Crippen LogP contribution in [0.25, 0.3) is 5.70 Å². The molecule has 0 unspecified atom stereocenters. The largest absolute Gasteiger partial charge is 0.494 e. The lowest BCUT2D eigenvalue weighted by Gasteiger charge is -2.32. The van der Waals surface area contributed by atoms with Crippen LogP contribution in [0.4, 0.5) is 0 Å². The Hall–Kier alpha value is -2.91. The van der Waals surface area contributed by atoms with Crippen LogP contribution in [0.2, 0.25) is 0 Å². The normalized spacial score (nSPS) is 16.9. The highest BCUT2D eigenvalue weighted by molar-refractivity contribution is 5.76. The van der Waals surface area contributed by atoms with E-state index in [1.54, 1.807) is 0 Å². The lowest BCUT2D eigenvalue weighted by atomic mass is 10.1. The lowest BCUT2D eigenvalue weighted by Crippen LogP contribution is -2.44. The number of likely N-dealkylation sites (N-methyl/N-ethyl adjacent to an activating group) is 1. The van der Waals surface area contributed by atoms with Crippen molar-refractivity contribution in [3.05, 3.63) is 46.5 Å². The molecule has 32 heavy (non-hydrogen) atoms. The number of nitrogens with zero attached hydrogens (tertiary/aromatic N) is 4. The van der Waals surface area contributed by atoms with E-state index >= 15 is 0 Å². The summed E-state index contributed by atoms with van der Waals surface area (Å²) in [4.78, 5) is 17.6. The fourth-order valence-electron chi connectivity index (χ4n) is 4.00. The standard InChI is InChI=1S/C23H33N5O4/c1-3-14-31-18-5-6-21-19(16-18)20(7-15-32-21)24-28-17-22(29)27(23(28)30)9-4-8-26-12-10-25(2)11-13-26/h5-7,16-17,24,29H,3-4,8-15H2,1-2H3. The smallest absolute Gasteiger partial charge is 0.349 e. The first-order valence-electron chi connectivity index (χ1n) is 11.3. The van der Waals surface area contributed by atoms with Crippen LogP contribution in [-0.2, 0) is 6.54 Å². The highest BCUT2D eigenvalue weighted by Crippen LogP contribution is 2.32. The molecule has 0 aliphatic carbocycles. The van der Waals surface area contributed by atoms with E-state index in [1.165, 1.54) is 15.4 Å². The topological polar surface area (TPSA) is 84.1 Å². The van der Waals surface area contributed by atoms with Gasteiger partial charge in [0.15, 0.2) is 0 Å². The molecule has 3 heterocycles. The van der Waals surface area contributed by atoms with Gasteiger partial charge in [0.05, 0.1) is 18.5 Å². The Morgan fingerprint density at radius 3 is 2.78 bits per heavy atom. The van der Waals surface area contributed by atoms with Gasteiger partial charge < -0.3 is 24.4 Å². The van der Waals surface area contributed by atoms with Crippen molar-refractivity contribution in [1.29, 1.82) is 0 Å². The molecule has 1 fully saturated rings. The van der Waals surface area contributed by atoms with Crippen molar-refractivity contribution in [2.45, 2.75) is 26.3 Å². The van der Waals surface area contributed by atoms with Crippen LogP contribution in [0.5, 0.6) is 17.4 Å². The predicted octanol–water partition coefficient (Wildman–Crippen LogP) is 1.76.